The maximum Gasteiger partial charge on any atom is 0.317 e. The molecule has 0 saturated carbocycles. The van der Waals surface area contributed by atoms with Crippen molar-refractivity contribution in [3.63, 3.8) is 0 Å². The molecule has 0 unspecified atom stereocenters. The normalized spacial score (nSPS) is 16.7. The largest absolute Gasteiger partial charge is 0.355 e. The van der Waals surface area contributed by atoms with Gasteiger partial charge in [-0.05, 0) is 25.2 Å². The first kappa shape index (κ1) is 13.8. The molecular weight excluding hydrogens is 218 g/mol. The van der Waals surface area contributed by atoms with Crippen LogP contribution >= 0.6 is 0 Å². The number of hydrogen-bond donors (Lipinski definition) is 2. The molecule has 0 atom stereocenters. The van der Waals surface area contributed by atoms with Crippen molar-refractivity contribution in [1.82, 2.24) is 15.5 Å². The van der Waals surface area contributed by atoms with Gasteiger partial charge in [-0.25, -0.2) is 4.79 Å². The molecule has 1 saturated heterocycles. The number of hydrogen-bond acceptors (Lipinski definition) is 2. The van der Waals surface area contributed by atoms with Crippen LogP contribution in [0.4, 0.5) is 4.79 Å². The van der Waals surface area contributed by atoms with Crippen molar-refractivity contribution in [3.8, 4) is 0 Å². The molecule has 5 heteroatoms. The number of carbonyl (C=O) groups excluding carboxylic acids is 2. The molecular formula is C12H23N3O2. The van der Waals surface area contributed by atoms with Crippen molar-refractivity contribution < 1.29 is 9.59 Å². The van der Waals surface area contributed by atoms with Crippen molar-refractivity contribution in [2.45, 2.75) is 33.1 Å². The Morgan fingerprint density at radius 3 is 2.47 bits per heavy atom. The predicted molar refractivity (Wildman–Crippen MR) is 66.7 cm³/mol. The second-order valence-electron chi connectivity index (χ2n) is 4.68. The van der Waals surface area contributed by atoms with Gasteiger partial charge in [-0.15, -0.1) is 0 Å². The zero-order valence-corrected chi connectivity index (χ0v) is 10.8. The molecule has 3 amide bonds. The summed E-state index contributed by atoms with van der Waals surface area (Å²) in [6, 6.07) is -0.122. The zero-order valence-electron chi connectivity index (χ0n) is 10.8. The van der Waals surface area contributed by atoms with Crippen LogP contribution < -0.4 is 10.6 Å². The van der Waals surface area contributed by atoms with E-state index in [1.165, 1.54) is 0 Å². The lowest BCUT2D eigenvalue weighted by atomic mass is 10.00. The summed E-state index contributed by atoms with van der Waals surface area (Å²) in [4.78, 5) is 24.8. The molecule has 17 heavy (non-hydrogen) atoms. The van der Waals surface area contributed by atoms with Gasteiger partial charge in [0.1, 0.15) is 0 Å². The molecule has 0 aliphatic carbocycles. The number of amides is 3. The highest BCUT2D eigenvalue weighted by Crippen LogP contribution is 2.15. The summed E-state index contributed by atoms with van der Waals surface area (Å²) in [6.07, 6.45) is 3.01. The van der Waals surface area contributed by atoms with Gasteiger partial charge >= 0.3 is 6.03 Å². The lowest BCUT2D eigenvalue weighted by Gasteiger charge is -2.30. The molecule has 1 aliphatic rings. The van der Waals surface area contributed by atoms with E-state index in [2.05, 4.69) is 17.6 Å². The molecule has 98 valence electrons. The van der Waals surface area contributed by atoms with E-state index in [1.807, 2.05) is 6.92 Å². The van der Waals surface area contributed by atoms with E-state index in [0.717, 1.165) is 32.4 Å². The summed E-state index contributed by atoms with van der Waals surface area (Å²) >= 11 is 0. The third-order valence-electron chi connectivity index (χ3n) is 3.04. The summed E-state index contributed by atoms with van der Waals surface area (Å²) < 4.78 is 0. The van der Waals surface area contributed by atoms with Crippen LogP contribution in [-0.4, -0.2) is 43.0 Å². The van der Waals surface area contributed by atoms with Gasteiger partial charge in [-0.2, -0.15) is 0 Å². The van der Waals surface area contributed by atoms with Crippen molar-refractivity contribution in [2.24, 2.45) is 5.92 Å². The maximum atomic E-state index is 11.7. The van der Waals surface area contributed by atoms with Crippen LogP contribution in [0.15, 0.2) is 0 Å². The van der Waals surface area contributed by atoms with Gasteiger partial charge in [0.25, 0.3) is 0 Å². The van der Waals surface area contributed by atoms with Crippen LogP contribution in [0.3, 0.4) is 0 Å². The second kappa shape index (κ2) is 7.14. The first-order valence-electron chi connectivity index (χ1n) is 6.43. The number of nitrogens with zero attached hydrogens (tertiary/aromatic N) is 1. The second-order valence-corrected chi connectivity index (χ2v) is 4.68. The van der Waals surface area contributed by atoms with E-state index < -0.39 is 0 Å². The van der Waals surface area contributed by atoms with Crippen LogP contribution in [0.25, 0.3) is 0 Å². The van der Waals surface area contributed by atoms with Crippen molar-refractivity contribution in [1.29, 1.82) is 0 Å². The highest BCUT2D eigenvalue weighted by molar-refractivity contribution is 5.83. The minimum absolute atomic E-state index is 0.0743. The number of nitrogens with one attached hydrogen (secondary N) is 2. The Hall–Kier alpha value is -1.26. The SMILES string of the molecule is CCCNC(=O)CNC(=O)N1CCC(C)CC1. The van der Waals surface area contributed by atoms with E-state index in [9.17, 15) is 9.59 Å². The minimum Gasteiger partial charge on any atom is -0.355 e. The van der Waals surface area contributed by atoms with Crippen LogP contribution in [0, 0.1) is 5.92 Å². The molecule has 1 rings (SSSR count). The Labute approximate surface area is 103 Å². The average Bonchev–Trinajstić information content (AvgIpc) is 2.34. The van der Waals surface area contributed by atoms with E-state index >= 15 is 0 Å². The van der Waals surface area contributed by atoms with Crippen LogP contribution in [0.5, 0.6) is 0 Å². The van der Waals surface area contributed by atoms with E-state index in [0.29, 0.717) is 12.5 Å². The quantitative estimate of drug-likeness (QED) is 0.770. The molecule has 0 spiro atoms. The Morgan fingerprint density at radius 1 is 1.24 bits per heavy atom. The average molecular weight is 241 g/mol. The molecule has 1 aliphatic heterocycles. The minimum atomic E-state index is -0.122. The molecule has 2 N–H and O–H groups in total. The fraction of sp³-hybridized carbons (Fsp3) is 0.833. The topological polar surface area (TPSA) is 61.4 Å². The Morgan fingerprint density at radius 2 is 1.88 bits per heavy atom. The molecule has 1 fully saturated rings. The molecule has 0 bridgehead atoms. The van der Waals surface area contributed by atoms with Gasteiger partial charge in [-0.1, -0.05) is 13.8 Å². The fourth-order valence-electron chi connectivity index (χ4n) is 1.81. The van der Waals surface area contributed by atoms with E-state index in [-0.39, 0.29) is 18.5 Å². The van der Waals surface area contributed by atoms with Gasteiger partial charge in [0.2, 0.25) is 5.91 Å². The van der Waals surface area contributed by atoms with E-state index in [1.54, 1.807) is 4.90 Å². The van der Waals surface area contributed by atoms with Crippen molar-refractivity contribution >= 4 is 11.9 Å². The van der Waals surface area contributed by atoms with Gasteiger partial charge in [0.15, 0.2) is 0 Å². The molecule has 1 heterocycles. The third kappa shape index (κ3) is 5.06. The molecule has 0 aromatic heterocycles. The van der Waals surface area contributed by atoms with Gasteiger partial charge in [0, 0.05) is 19.6 Å². The van der Waals surface area contributed by atoms with Gasteiger partial charge in [-0.3, -0.25) is 4.79 Å². The number of rotatable bonds is 4. The first-order valence-corrected chi connectivity index (χ1v) is 6.43. The summed E-state index contributed by atoms with van der Waals surface area (Å²) in [5, 5.41) is 5.38. The first-order chi connectivity index (χ1) is 8.13. The molecule has 0 aromatic rings. The number of carbonyl (C=O) groups is 2. The highest BCUT2D eigenvalue weighted by Gasteiger charge is 2.20. The number of piperidine rings is 1. The number of likely N-dealkylation sites (tertiary alicyclic amines) is 1. The lowest BCUT2D eigenvalue weighted by molar-refractivity contribution is -0.120. The zero-order chi connectivity index (χ0) is 12.7. The standard InChI is InChI=1S/C12H23N3O2/c1-3-6-13-11(16)9-14-12(17)15-7-4-10(2)5-8-15/h10H,3-9H2,1-2H3,(H,13,16)(H,14,17). The van der Waals surface area contributed by atoms with Crippen LogP contribution in [-0.2, 0) is 4.79 Å². The summed E-state index contributed by atoms with van der Waals surface area (Å²) in [5.74, 6) is 0.581. The summed E-state index contributed by atoms with van der Waals surface area (Å²) in [7, 11) is 0. The lowest BCUT2D eigenvalue weighted by Crippen LogP contribution is -2.47. The monoisotopic (exact) mass is 241 g/mol. The van der Waals surface area contributed by atoms with Gasteiger partial charge in [0.05, 0.1) is 6.54 Å². The van der Waals surface area contributed by atoms with E-state index in [4.69, 9.17) is 0 Å². The van der Waals surface area contributed by atoms with Crippen molar-refractivity contribution in [2.75, 3.05) is 26.2 Å². The van der Waals surface area contributed by atoms with Crippen LogP contribution in [0.1, 0.15) is 33.1 Å². The van der Waals surface area contributed by atoms with Crippen LogP contribution in [0.2, 0.25) is 0 Å². The third-order valence-corrected chi connectivity index (χ3v) is 3.04. The molecule has 0 aromatic carbocycles. The number of urea groups is 1. The predicted octanol–water partition coefficient (Wildman–Crippen LogP) is 0.954. The van der Waals surface area contributed by atoms with Gasteiger partial charge < -0.3 is 15.5 Å². The Balaban J connectivity index is 2.18. The summed E-state index contributed by atoms with van der Waals surface area (Å²) in [5.41, 5.74) is 0. The van der Waals surface area contributed by atoms with Crippen molar-refractivity contribution in [3.05, 3.63) is 0 Å². The highest BCUT2D eigenvalue weighted by atomic mass is 16.2. The molecule has 0 radical (unpaired) electrons. The Bertz CT molecular complexity index is 260. The fourth-order valence-corrected chi connectivity index (χ4v) is 1.81. The molecule has 5 nitrogen and oxygen atoms in total. The smallest absolute Gasteiger partial charge is 0.317 e. The maximum absolute atomic E-state index is 11.7. The summed E-state index contributed by atoms with van der Waals surface area (Å²) in [6.45, 7) is 6.52. The Kier molecular flexibility index (Phi) is 5.80.